The fraction of sp³-hybridized carbons (Fsp3) is 0.308. The Morgan fingerprint density at radius 1 is 1.22 bits per heavy atom. The molecule has 1 aliphatic rings. The third kappa shape index (κ3) is 2.20. The fourth-order valence-corrected chi connectivity index (χ4v) is 4.00. The normalized spacial score (nSPS) is 16.1. The van der Waals surface area contributed by atoms with E-state index in [0.717, 1.165) is 45.2 Å². The summed E-state index contributed by atoms with van der Waals surface area (Å²) in [4.78, 5) is 15.1. The number of hydrogen-bond acceptors (Lipinski definition) is 4. The van der Waals surface area contributed by atoms with Gasteiger partial charge >= 0.3 is 0 Å². The van der Waals surface area contributed by atoms with Gasteiger partial charge in [0.25, 0.3) is 5.91 Å². The predicted molar refractivity (Wildman–Crippen MR) is 79.5 cm³/mol. The molecule has 3 nitrogen and oxygen atoms in total. The quantitative estimate of drug-likeness (QED) is 0.816. The number of carbonyl (C=O) groups is 1. The molecule has 5 heteroatoms. The van der Waals surface area contributed by atoms with E-state index in [0.29, 0.717) is 0 Å². The molecule has 0 unspecified atom stereocenters. The van der Waals surface area contributed by atoms with Crippen LogP contribution >= 0.6 is 23.1 Å². The minimum Gasteiger partial charge on any atom is -0.399 e. The van der Waals surface area contributed by atoms with Gasteiger partial charge in [-0.05, 0) is 29.7 Å². The Hall–Kier alpha value is -1.20. The van der Waals surface area contributed by atoms with Gasteiger partial charge in [0.1, 0.15) is 0 Å². The zero-order valence-corrected chi connectivity index (χ0v) is 11.5. The summed E-state index contributed by atoms with van der Waals surface area (Å²) in [5.41, 5.74) is 6.50. The van der Waals surface area contributed by atoms with Gasteiger partial charge < -0.3 is 10.6 Å². The molecule has 0 saturated carbocycles. The molecule has 2 N–H and O–H groups in total. The first-order valence-corrected chi connectivity index (χ1v) is 7.87. The predicted octanol–water partition coefficient (Wildman–Crippen LogP) is 2.67. The number of benzene rings is 1. The summed E-state index contributed by atoms with van der Waals surface area (Å²) in [6.07, 6.45) is 0. The van der Waals surface area contributed by atoms with Gasteiger partial charge in [-0.15, -0.1) is 11.3 Å². The second-order valence-electron chi connectivity index (χ2n) is 4.31. The molecule has 0 atom stereocenters. The largest absolute Gasteiger partial charge is 0.399 e. The molecule has 1 fully saturated rings. The average molecular weight is 278 g/mol. The summed E-state index contributed by atoms with van der Waals surface area (Å²) in [6, 6.07) is 7.75. The Kier molecular flexibility index (Phi) is 3.18. The van der Waals surface area contributed by atoms with Gasteiger partial charge in [0, 0.05) is 35.0 Å². The Labute approximate surface area is 114 Å². The highest BCUT2D eigenvalue weighted by atomic mass is 32.2. The summed E-state index contributed by atoms with van der Waals surface area (Å²) in [7, 11) is 0. The van der Waals surface area contributed by atoms with Crippen molar-refractivity contribution < 1.29 is 4.79 Å². The van der Waals surface area contributed by atoms with E-state index in [4.69, 9.17) is 5.73 Å². The van der Waals surface area contributed by atoms with Crippen LogP contribution in [0.1, 0.15) is 9.67 Å². The molecule has 1 aliphatic heterocycles. The lowest BCUT2D eigenvalue weighted by Crippen LogP contribution is -2.37. The van der Waals surface area contributed by atoms with Crippen LogP contribution in [-0.4, -0.2) is 35.4 Å². The van der Waals surface area contributed by atoms with E-state index in [-0.39, 0.29) is 5.91 Å². The highest BCUT2D eigenvalue weighted by Crippen LogP contribution is 2.28. The van der Waals surface area contributed by atoms with Gasteiger partial charge in [-0.1, -0.05) is 0 Å². The second kappa shape index (κ2) is 4.82. The van der Waals surface area contributed by atoms with Crippen molar-refractivity contribution >= 4 is 44.8 Å². The van der Waals surface area contributed by atoms with Crippen LogP contribution in [0.15, 0.2) is 24.3 Å². The SMILES string of the molecule is Nc1ccc2sc(C(=O)N3CCSCC3)cc2c1. The molecule has 94 valence electrons. The molecular weight excluding hydrogens is 264 g/mol. The van der Waals surface area contributed by atoms with Gasteiger partial charge in [-0.2, -0.15) is 11.8 Å². The maximum absolute atomic E-state index is 12.4. The number of amides is 1. The molecule has 1 amide bonds. The van der Waals surface area contributed by atoms with Gasteiger partial charge in [-0.3, -0.25) is 4.79 Å². The van der Waals surface area contributed by atoms with Gasteiger partial charge in [0.05, 0.1) is 4.88 Å². The molecule has 0 radical (unpaired) electrons. The first-order chi connectivity index (χ1) is 8.74. The highest BCUT2D eigenvalue weighted by molar-refractivity contribution is 7.99. The molecule has 2 aromatic rings. The van der Waals surface area contributed by atoms with Crippen LogP contribution in [0.25, 0.3) is 10.1 Å². The van der Waals surface area contributed by atoms with Crippen LogP contribution in [0.4, 0.5) is 5.69 Å². The van der Waals surface area contributed by atoms with Gasteiger partial charge in [-0.25, -0.2) is 0 Å². The van der Waals surface area contributed by atoms with Crippen LogP contribution in [0.5, 0.6) is 0 Å². The second-order valence-corrected chi connectivity index (χ2v) is 6.62. The van der Waals surface area contributed by atoms with Crippen molar-refractivity contribution in [3.63, 3.8) is 0 Å². The molecule has 1 aromatic heterocycles. The molecule has 3 rings (SSSR count). The van der Waals surface area contributed by atoms with Crippen LogP contribution in [-0.2, 0) is 0 Å². The first kappa shape index (κ1) is 11.9. The molecule has 2 heterocycles. The Morgan fingerprint density at radius 3 is 2.78 bits per heavy atom. The summed E-state index contributed by atoms with van der Waals surface area (Å²) in [5.74, 6) is 2.25. The Bertz CT molecular complexity index is 588. The van der Waals surface area contributed by atoms with Crippen molar-refractivity contribution in [2.45, 2.75) is 0 Å². The number of thiophene rings is 1. The summed E-state index contributed by atoms with van der Waals surface area (Å²) < 4.78 is 1.12. The van der Waals surface area contributed by atoms with E-state index in [9.17, 15) is 4.79 Å². The summed E-state index contributed by atoms with van der Waals surface area (Å²) in [6.45, 7) is 1.72. The van der Waals surface area contributed by atoms with Crippen molar-refractivity contribution in [1.29, 1.82) is 0 Å². The van der Waals surface area contributed by atoms with E-state index in [1.54, 1.807) is 11.3 Å². The van der Waals surface area contributed by atoms with Crippen molar-refractivity contribution in [2.75, 3.05) is 30.3 Å². The van der Waals surface area contributed by atoms with E-state index in [1.807, 2.05) is 40.9 Å². The lowest BCUT2D eigenvalue weighted by molar-refractivity contribution is 0.0777. The van der Waals surface area contributed by atoms with Crippen molar-refractivity contribution in [3.8, 4) is 0 Å². The van der Waals surface area contributed by atoms with E-state index >= 15 is 0 Å². The number of carbonyl (C=O) groups excluding carboxylic acids is 1. The number of rotatable bonds is 1. The lowest BCUT2D eigenvalue weighted by Gasteiger charge is -2.25. The van der Waals surface area contributed by atoms with Crippen LogP contribution < -0.4 is 5.73 Å². The standard InChI is InChI=1S/C13H14N2OS2/c14-10-1-2-11-9(7-10)8-12(18-11)13(16)15-3-5-17-6-4-15/h1-2,7-8H,3-6,14H2. The van der Waals surface area contributed by atoms with Gasteiger partial charge in [0.15, 0.2) is 0 Å². The number of nitrogens with zero attached hydrogens (tertiary/aromatic N) is 1. The molecular formula is C13H14N2OS2. The van der Waals surface area contributed by atoms with Gasteiger partial charge in [0.2, 0.25) is 0 Å². The maximum atomic E-state index is 12.4. The number of thioether (sulfide) groups is 1. The molecule has 0 spiro atoms. The third-order valence-corrected chi connectivity index (χ3v) is 5.10. The number of fused-ring (bicyclic) bond motifs is 1. The van der Waals surface area contributed by atoms with Crippen molar-refractivity contribution in [1.82, 2.24) is 4.90 Å². The number of nitrogen functional groups attached to an aromatic ring is 1. The summed E-state index contributed by atoms with van der Waals surface area (Å²) in [5, 5.41) is 1.06. The summed E-state index contributed by atoms with van der Waals surface area (Å²) >= 11 is 3.47. The van der Waals surface area contributed by atoms with Crippen molar-refractivity contribution in [2.24, 2.45) is 0 Å². The minimum absolute atomic E-state index is 0.162. The molecule has 18 heavy (non-hydrogen) atoms. The lowest BCUT2D eigenvalue weighted by atomic mass is 10.2. The number of anilines is 1. The monoisotopic (exact) mass is 278 g/mol. The topological polar surface area (TPSA) is 46.3 Å². The van der Waals surface area contributed by atoms with E-state index in [2.05, 4.69) is 0 Å². The van der Waals surface area contributed by atoms with Crippen molar-refractivity contribution in [3.05, 3.63) is 29.1 Å². The van der Waals surface area contributed by atoms with E-state index in [1.165, 1.54) is 0 Å². The fourth-order valence-electron chi connectivity index (χ4n) is 2.09. The average Bonchev–Trinajstić information content (AvgIpc) is 2.81. The number of nitrogens with two attached hydrogens (primary N) is 1. The zero-order chi connectivity index (χ0) is 12.5. The first-order valence-electron chi connectivity index (χ1n) is 5.90. The maximum Gasteiger partial charge on any atom is 0.264 e. The number of hydrogen-bond donors (Lipinski definition) is 1. The van der Waals surface area contributed by atoms with Crippen LogP contribution in [0, 0.1) is 0 Å². The molecule has 0 bridgehead atoms. The smallest absolute Gasteiger partial charge is 0.264 e. The van der Waals surface area contributed by atoms with Crippen LogP contribution in [0.2, 0.25) is 0 Å². The molecule has 1 aromatic carbocycles. The Morgan fingerprint density at radius 2 is 2.00 bits per heavy atom. The molecule has 1 saturated heterocycles. The van der Waals surface area contributed by atoms with Crippen LogP contribution in [0.3, 0.4) is 0 Å². The highest BCUT2D eigenvalue weighted by Gasteiger charge is 2.20. The zero-order valence-electron chi connectivity index (χ0n) is 9.89. The Balaban J connectivity index is 1.91. The minimum atomic E-state index is 0.162. The van der Waals surface area contributed by atoms with E-state index < -0.39 is 0 Å². The molecule has 0 aliphatic carbocycles. The third-order valence-electron chi connectivity index (χ3n) is 3.05.